The number of benzene rings is 2. The molecule has 1 aromatic heterocycles. The van der Waals surface area contributed by atoms with Crippen LogP contribution >= 0.6 is 15.9 Å². The summed E-state index contributed by atoms with van der Waals surface area (Å²) in [5.74, 6) is -0.846. The number of nitrogens with one attached hydrogen (secondary N) is 1. The molecule has 1 heterocycles. The maximum absolute atomic E-state index is 13.1. The second-order valence-electron chi connectivity index (χ2n) is 7.05. The Bertz CT molecular complexity index is 1280. The van der Waals surface area contributed by atoms with Crippen LogP contribution in [0.5, 0.6) is 0 Å². The van der Waals surface area contributed by atoms with E-state index >= 15 is 0 Å². The van der Waals surface area contributed by atoms with Crippen molar-refractivity contribution in [2.75, 3.05) is 0 Å². The first-order chi connectivity index (χ1) is 14.6. The lowest BCUT2D eigenvalue weighted by Gasteiger charge is -2.15. The highest BCUT2D eigenvalue weighted by Gasteiger charge is 2.26. The monoisotopic (exact) mass is 506 g/mol. The standard InChI is InChI=1S/C22H20BrFN2O4S/c1-14-11-15(2)26(13-20(27)25-12-16-3-7-18(24)8-4-16)22(28)21(14)31(29,30)19-9-5-17(23)6-10-19/h3-11H,12-13H2,1-2H3,(H,25,27). The smallest absolute Gasteiger partial charge is 0.270 e. The number of aromatic nitrogens is 1. The average Bonchev–Trinajstić information content (AvgIpc) is 2.70. The van der Waals surface area contributed by atoms with Crippen molar-refractivity contribution in [1.29, 1.82) is 0 Å². The number of sulfone groups is 1. The summed E-state index contributed by atoms with van der Waals surface area (Å²) < 4.78 is 41.1. The van der Waals surface area contributed by atoms with Crippen LogP contribution in [0.3, 0.4) is 0 Å². The van der Waals surface area contributed by atoms with Crippen molar-refractivity contribution in [2.24, 2.45) is 0 Å². The lowest BCUT2D eigenvalue weighted by atomic mass is 10.2. The van der Waals surface area contributed by atoms with Gasteiger partial charge < -0.3 is 9.88 Å². The molecule has 0 unspecified atom stereocenters. The lowest BCUT2D eigenvalue weighted by Crippen LogP contribution is -2.35. The van der Waals surface area contributed by atoms with Crippen LogP contribution in [0, 0.1) is 19.7 Å². The number of hydrogen-bond acceptors (Lipinski definition) is 4. The normalized spacial score (nSPS) is 11.4. The molecular weight excluding hydrogens is 487 g/mol. The fourth-order valence-electron chi connectivity index (χ4n) is 3.17. The molecule has 0 aliphatic rings. The van der Waals surface area contributed by atoms with Crippen molar-refractivity contribution in [3.8, 4) is 0 Å². The van der Waals surface area contributed by atoms with E-state index in [9.17, 15) is 22.4 Å². The molecule has 0 radical (unpaired) electrons. The number of carbonyl (C=O) groups is 1. The number of aryl methyl sites for hydroxylation is 2. The van der Waals surface area contributed by atoms with E-state index in [1.54, 1.807) is 44.2 Å². The highest BCUT2D eigenvalue weighted by atomic mass is 79.9. The minimum Gasteiger partial charge on any atom is -0.350 e. The van der Waals surface area contributed by atoms with Crippen molar-refractivity contribution >= 4 is 31.7 Å². The topological polar surface area (TPSA) is 85.2 Å². The molecule has 6 nitrogen and oxygen atoms in total. The second-order valence-corrected chi connectivity index (χ2v) is 9.85. The summed E-state index contributed by atoms with van der Waals surface area (Å²) >= 11 is 3.26. The first-order valence-corrected chi connectivity index (χ1v) is 11.6. The molecule has 0 saturated carbocycles. The molecule has 0 aliphatic heterocycles. The number of rotatable bonds is 6. The van der Waals surface area contributed by atoms with Crippen LogP contribution < -0.4 is 10.9 Å². The van der Waals surface area contributed by atoms with Crippen molar-refractivity contribution in [3.63, 3.8) is 0 Å². The minimum absolute atomic E-state index is 0.00735. The number of nitrogens with zero attached hydrogens (tertiary/aromatic N) is 1. The Hall–Kier alpha value is -2.78. The molecule has 3 aromatic rings. The fraction of sp³-hybridized carbons (Fsp3) is 0.182. The van der Waals surface area contributed by atoms with Gasteiger partial charge in [-0.2, -0.15) is 0 Å². The molecule has 3 rings (SSSR count). The first kappa shape index (κ1) is 22.9. The van der Waals surface area contributed by atoms with Gasteiger partial charge in [0.2, 0.25) is 15.7 Å². The van der Waals surface area contributed by atoms with E-state index in [0.717, 1.165) is 4.57 Å². The third-order valence-corrected chi connectivity index (χ3v) is 7.20. The van der Waals surface area contributed by atoms with E-state index in [-0.39, 0.29) is 28.7 Å². The second kappa shape index (κ2) is 9.15. The fourth-order valence-corrected chi connectivity index (χ4v) is 4.98. The molecule has 0 bridgehead atoms. The summed E-state index contributed by atoms with van der Waals surface area (Å²) in [6, 6.07) is 13.2. The third-order valence-electron chi connectivity index (χ3n) is 4.75. The van der Waals surface area contributed by atoms with Crippen LogP contribution in [0.25, 0.3) is 0 Å². The highest BCUT2D eigenvalue weighted by Crippen LogP contribution is 2.23. The number of carbonyl (C=O) groups excluding carboxylic acids is 1. The van der Waals surface area contributed by atoms with Gasteiger partial charge in [0, 0.05) is 16.7 Å². The van der Waals surface area contributed by atoms with Gasteiger partial charge in [-0.3, -0.25) is 9.59 Å². The molecule has 9 heteroatoms. The predicted molar refractivity (Wildman–Crippen MR) is 118 cm³/mol. The van der Waals surface area contributed by atoms with Gasteiger partial charge in [0.05, 0.1) is 4.90 Å². The Balaban J connectivity index is 1.90. The number of pyridine rings is 1. The van der Waals surface area contributed by atoms with E-state index < -0.39 is 21.3 Å². The van der Waals surface area contributed by atoms with Crippen molar-refractivity contribution in [1.82, 2.24) is 9.88 Å². The van der Waals surface area contributed by atoms with Crippen molar-refractivity contribution < 1.29 is 17.6 Å². The average molecular weight is 507 g/mol. The molecule has 0 saturated heterocycles. The Morgan fingerprint density at radius 1 is 1.06 bits per heavy atom. The molecular formula is C22H20BrFN2O4S. The lowest BCUT2D eigenvalue weighted by molar-refractivity contribution is -0.121. The molecule has 1 N–H and O–H groups in total. The van der Waals surface area contributed by atoms with Gasteiger partial charge in [-0.1, -0.05) is 28.1 Å². The minimum atomic E-state index is -4.07. The molecule has 31 heavy (non-hydrogen) atoms. The molecule has 0 fully saturated rings. The predicted octanol–water partition coefficient (Wildman–Crippen LogP) is 3.52. The zero-order chi connectivity index (χ0) is 22.8. The summed E-state index contributed by atoms with van der Waals surface area (Å²) in [4.78, 5) is 25.1. The van der Waals surface area contributed by atoms with Crippen molar-refractivity contribution in [3.05, 3.63) is 92.1 Å². The van der Waals surface area contributed by atoms with Crippen LogP contribution in [0.15, 0.2) is 73.7 Å². The maximum atomic E-state index is 13.1. The Morgan fingerprint density at radius 3 is 2.29 bits per heavy atom. The zero-order valence-electron chi connectivity index (χ0n) is 16.9. The maximum Gasteiger partial charge on any atom is 0.270 e. The molecule has 162 valence electrons. The van der Waals surface area contributed by atoms with Crippen LogP contribution in [0.4, 0.5) is 4.39 Å². The summed E-state index contributed by atoms with van der Waals surface area (Å²) in [6.45, 7) is 3.01. The summed E-state index contributed by atoms with van der Waals surface area (Å²) in [5, 5.41) is 2.66. The van der Waals surface area contributed by atoms with Gasteiger partial charge in [-0.25, -0.2) is 12.8 Å². The van der Waals surface area contributed by atoms with Gasteiger partial charge in [0.25, 0.3) is 5.56 Å². The van der Waals surface area contributed by atoms with Crippen LogP contribution in [-0.4, -0.2) is 18.9 Å². The summed E-state index contributed by atoms with van der Waals surface area (Å²) in [7, 11) is -4.07. The summed E-state index contributed by atoms with van der Waals surface area (Å²) in [5.41, 5.74) is 0.723. The van der Waals surface area contributed by atoms with E-state index in [1.807, 2.05) is 0 Å². The van der Waals surface area contributed by atoms with Gasteiger partial charge in [-0.15, -0.1) is 0 Å². The molecule has 0 aliphatic carbocycles. The highest BCUT2D eigenvalue weighted by molar-refractivity contribution is 9.10. The largest absolute Gasteiger partial charge is 0.350 e. The van der Waals surface area contributed by atoms with Gasteiger partial charge in [0.1, 0.15) is 17.3 Å². The Kier molecular flexibility index (Phi) is 6.76. The van der Waals surface area contributed by atoms with Crippen molar-refractivity contribution in [2.45, 2.75) is 36.7 Å². The van der Waals surface area contributed by atoms with E-state index in [2.05, 4.69) is 21.2 Å². The Morgan fingerprint density at radius 2 is 1.68 bits per heavy atom. The van der Waals surface area contributed by atoms with Gasteiger partial charge >= 0.3 is 0 Å². The molecule has 1 amide bonds. The third kappa shape index (κ3) is 5.11. The molecule has 0 spiro atoms. The van der Waals surface area contributed by atoms with E-state index in [4.69, 9.17) is 0 Å². The number of amides is 1. The zero-order valence-corrected chi connectivity index (χ0v) is 19.3. The number of halogens is 2. The molecule has 2 aromatic carbocycles. The Labute approximate surface area is 187 Å². The van der Waals surface area contributed by atoms with Crippen LogP contribution in [0.2, 0.25) is 0 Å². The first-order valence-electron chi connectivity index (χ1n) is 9.32. The number of hydrogen-bond donors (Lipinski definition) is 1. The van der Waals surface area contributed by atoms with Gasteiger partial charge in [0.15, 0.2) is 0 Å². The van der Waals surface area contributed by atoms with Crippen LogP contribution in [0.1, 0.15) is 16.8 Å². The SMILES string of the molecule is Cc1cc(C)n(CC(=O)NCc2ccc(F)cc2)c(=O)c1S(=O)(=O)c1ccc(Br)cc1. The quantitative estimate of drug-likeness (QED) is 0.554. The van der Waals surface area contributed by atoms with Crippen LogP contribution in [-0.2, 0) is 27.7 Å². The molecule has 0 atom stereocenters. The van der Waals surface area contributed by atoms with E-state index in [0.29, 0.717) is 21.3 Å². The van der Waals surface area contributed by atoms with E-state index in [1.165, 1.54) is 24.3 Å². The van der Waals surface area contributed by atoms with Gasteiger partial charge in [-0.05, 0) is 67.4 Å². The summed E-state index contributed by atoms with van der Waals surface area (Å²) in [6.07, 6.45) is 0.